The van der Waals surface area contributed by atoms with E-state index in [0.717, 1.165) is 0 Å². The van der Waals surface area contributed by atoms with Gasteiger partial charge in [-0.15, -0.1) is 0 Å². The number of benzene rings is 2. The lowest BCUT2D eigenvalue weighted by molar-refractivity contribution is 0.0972. The number of carbonyl (C=O) groups excluding carboxylic acids is 3. The Labute approximate surface area is 153 Å². The van der Waals surface area contributed by atoms with Crippen molar-refractivity contribution < 1.29 is 19.5 Å². The van der Waals surface area contributed by atoms with Crippen LogP contribution in [0, 0.1) is 0 Å². The second-order valence-electron chi connectivity index (χ2n) is 5.49. The fourth-order valence-electron chi connectivity index (χ4n) is 2.35. The number of rotatable bonds is 5. The van der Waals surface area contributed by atoms with Gasteiger partial charge in [0.15, 0.2) is 5.69 Å². The van der Waals surface area contributed by atoms with E-state index in [2.05, 4.69) is 20.6 Å². The van der Waals surface area contributed by atoms with Gasteiger partial charge in [-0.05, 0) is 36.4 Å². The van der Waals surface area contributed by atoms with E-state index in [-0.39, 0.29) is 22.7 Å². The summed E-state index contributed by atoms with van der Waals surface area (Å²) in [6.45, 7) is 0. The number of imidazole rings is 1. The fraction of sp³-hybridized carbons (Fsp3) is 0. The van der Waals surface area contributed by atoms with Gasteiger partial charge in [0.05, 0.1) is 11.9 Å². The lowest BCUT2D eigenvalue weighted by Crippen LogP contribution is -2.20. The van der Waals surface area contributed by atoms with E-state index in [0.29, 0.717) is 11.4 Å². The minimum absolute atomic E-state index is 0.0422. The van der Waals surface area contributed by atoms with Crippen molar-refractivity contribution in [1.29, 1.82) is 0 Å². The van der Waals surface area contributed by atoms with Crippen molar-refractivity contribution in [2.75, 3.05) is 10.6 Å². The Balaban J connectivity index is 1.68. The summed E-state index contributed by atoms with van der Waals surface area (Å²) in [7, 11) is 0. The number of aromatic nitrogens is 2. The van der Waals surface area contributed by atoms with Crippen molar-refractivity contribution in [2.24, 2.45) is 5.73 Å². The summed E-state index contributed by atoms with van der Waals surface area (Å²) in [6.07, 6.45) is 1.20. The van der Waals surface area contributed by atoms with E-state index in [9.17, 15) is 19.5 Å². The van der Waals surface area contributed by atoms with Crippen LogP contribution in [0.25, 0.3) is 0 Å². The molecule has 6 N–H and O–H groups in total. The maximum absolute atomic E-state index is 12.2. The maximum atomic E-state index is 12.2. The molecule has 9 nitrogen and oxygen atoms in total. The molecule has 0 bridgehead atoms. The average Bonchev–Trinajstić information content (AvgIpc) is 3.14. The van der Waals surface area contributed by atoms with Crippen LogP contribution in [-0.4, -0.2) is 32.8 Å². The van der Waals surface area contributed by atoms with Crippen LogP contribution in [0.1, 0.15) is 31.3 Å². The predicted octanol–water partition coefficient (Wildman–Crippen LogP) is 1.72. The first-order chi connectivity index (χ1) is 13.0. The number of nitrogens with one attached hydrogen (secondary N) is 3. The summed E-state index contributed by atoms with van der Waals surface area (Å²) in [4.78, 5) is 41.9. The van der Waals surface area contributed by atoms with Gasteiger partial charge in [0.25, 0.3) is 17.7 Å². The number of nitrogens with zero attached hydrogens (tertiary/aromatic N) is 1. The largest absolute Gasteiger partial charge is 0.507 e. The minimum atomic E-state index is -0.816. The standard InChI is InChI=1S/C18H15N5O4/c19-16(25)14-15(21-9-20-14)18(27)23-11-7-5-10(6-8-11)22-17(26)12-3-1-2-4-13(12)24/h1-9,24H,(H2,19,25)(H,20,21)(H,22,26)(H,23,27). The van der Waals surface area contributed by atoms with Crippen LogP contribution < -0.4 is 16.4 Å². The van der Waals surface area contributed by atoms with Gasteiger partial charge in [-0.1, -0.05) is 12.1 Å². The lowest BCUT2D eigenvalue weighted by atomic mass is 10.2. The normalized spacial score (nSPS) is 10.2. The molecule has 3 amide bonds. The van der Waals surface area contributed by atoms with E-state index < -0.39 is 17.7 Å². The molecule has 9 heteroatoms. The third-order valence-electron chi connectivity index (χ3n) is 3.65. The van der Waals surface area contributed by atoms with E-state index >= 15 is 0 Å². The number of aromatic hydroxyl groups is 1. The molecule has 3 rings (SSSR count). The van der Waals surface area contributed by atoms with Gasteiger partial charge in [0.1, 0.15) is 11.4 Å². The number of phenolic OH excluding ortho intramolecular Hbond substituents is 1. The number of amides is 3. The molecular weight excluding hydrogens is 350 g/mol. The molecule has 0 saturated carbocycles. The molecule has 0 aliphatic carbocycles. The Bertz CT molecular complexity index is 1010. The SMILES string of the molecule is NC(=O)c1nc[nH]c1C(=O)Nc1ccc(NC(=O)c2ccccc2O)cc1. The first-order valence-electron chi connectivity index (χ1n) is 7.79. The Morgan fingerprint density at radius 3 is 2.11 bits per heavy atom. The molecule has 0 aliphatic heterocycles. The van der Waals surface area contributed by atoms with Crippen LogP contribution in [0.15, 0.2) is 54.9 Å². The Morgan fingerprint density at radius 1 is 0.926 bits per heavy atom. The molecule has 0 aliphatic rings. The predicted molar refractivity (Wildman–Crippen MR) is 97.6 cm³/mol. The number of phenols is 1. The molecule has 136 valence electrons. The molecule has 3 aromatic rings. The summed E-state index contributed by atoms with van der Waals surface area (Å²) in [5.41, 5.74) is 6.01. The number of hydrogen-bond donors (Lipinski definition) is 5. The quantitative estimate of drug-likeness (QED) is 0.466. The van der Waals surface area contributed by atoms with Crippen LogP contribution >= 0.6 is 0 Å². The van der Waals surface area contributed by atoms with Gasteiger partial charge in [-0.25, -0.2) is 4.98 Å². The number of aromatic amines is 1. The summed E-state index contributed by atoms with van der Waals surface area (Å²) in [6, 6.07) is 12.5. The van der Waals surface area contributed by atoms with Crippen LogP contribution in [0.2, 0.25) is 0 Å². The van der Waals surface area contributed by atoms with Crippen molar-refractivity contribution in [3.63, 3.8) is 0 Å². The molecule has 0 atom stereocenters. The first-order valence-corrected chi connectivity index (χ1v) is 7.79. The fourth-order valence-corrected chi connectivity index (χ4v) is 2.35. The zero-order chi connectivity index (χ0) is 19.4. The zero-order valence-corrected chi connectivity index (χ0v) is 13.9. The van der Waals surface area contributed by atoms with E-state index in [4.69, 9.17) is 5.73 Å². The van der Waals surface area contributed by atoms with Crippen LogP contribution in [0.5, 0.6) is 5.75 Å². The Hall–Kier alpha value is -4.14. The Kier molecular flexibility index (Phi) is 4.84. The van der Waals surface area contributed by atoms with Crippen molar-refractivity contribution in [3.05, 3.63) is 71.8 Å². The molecule has 0 fully saturated rings. The van der Waals surface area contributed by atoms with Gasteiger partial charge >= 0.3 is 0 Å². The second-order valence-corrected chi connectivity index (χ2v) is 5.49. The van der Waals surface area contributed by atoms with E-state index in [1.54, 1.807) is 36.4 Å². The monoisotopic (exact) mass is 365 g/mol. The number of H-pyrrole nitrogens is 1. The van der Waals surface area contributed by atoms with Gasteiger partial charge < -0.3 is 26.5 Å². The van der Waals surface area contributed by atoms with Gasteiger partial charge in [0, 0.05) is 11.4 Å². The topological polar surface area (TPSA) is 150 Å². The second kappa shape index (κ2) is 7.40. The summed E-state index contributed by atoms with van der Waals surface area (Å²) < 4.78 is 0. The van der Waals surface area contributed by atoms with Crippen molar-refractivity contribution in [1.82, 2.24) is 9.97 Å². The number of carbonyl (C=O) groups is 3. The van der Waals surface area contributed by atoms with Gasteiger partial charge in [-0.3, -0.25) is 14.4 Å². The minimum Gasteiger partial charge on any atom is -0.507 e. The summed E-state index contributed by atoms with van der Waals surface area (Å²) in [5.74, 6) is -1.98. The van der Waals surface area contributed by atoms with Gasteiger partial charge in [-0.2, -0.15) is 0 Å². The highest BCUT2D eigenvalue weighted by Crippen LogP contribution is 2.19. The Morgan fingerprint density at radius 2 is 1.52 bits per heavy atom. The van der Waals surface area contributed by atoms with Gasteiger partial charge in [0.2, 0.25) is 0 Å². The molecule has 0 spiro atoms. The number of hydrogen-bond acceptors (Lipinski definition) is 5. The van der Waals surface area contributed by atoms with Crippen LogP contribution in [-0.2, 0) is 0 Å². The number of anilines is 2. The molecule has 0 unspecified atom stereocenters. The van der Waals surface area contributed by atoms with Crippen LogP contribution in [0.4, 0.5) is 11.4 Å². The first kappa shape index (κ1) is 17.7. The number of nitrogens with two attached hydrogens (primary N) is 1. The third-order valence-corrected chi connectivity index (χ3v) is 3.65. The van der Waals surface area contributed by atoms with Crippen LogP contribution in [0.3, 0.4) is 0 Å². The third kappa shape index (κ3) is 3.93. The van der Waals surface area contributed by atoms with Crippen molar-refractivity contribution in [2.45, 2.75) is 0 Å². The van der Waals surface area contributed by atoms with E-state index in [1.807, 2.05) is 0 Å². The number of para-hydroxylation sites is 1. The highest BCUT2D eigenvalue weighted by molar-refractivity contribution is 6.10. The molecule has 0 saturated heterocycles. The summed E-state index contributed by atoms with van der Waals surface area (Å²) >= 11 is 0. The number of primary amides is 1. The molecule has 2 aromatic carbocycles. The smallest absolute Gasteiger partial charge is 0.274 e. The molecule has 0 radical (unpaired) electrons. The molecule has 1 heterocycles. The van der Waals surface area contributed by atoms with Crippen molar-refractivity contribution in [3.8, 4) is 5.75 Å². The zero-order valence-electron chi connectivity index (χ0n) is 13.9. The highest BCUT2D eigenvalue weighted by Gasteiger charge is 2.18. The maximum Gasteiger partial charge on any atom is 0.274 e. The molecular formula is C18H15N5O4. The molecule has 1 aromatic heterocycles. The van der Waals surface area contributed by atoms with Crippen molar-refractivity contribution >= 4 is 29.1 Å². The van der Waals surface area contributed by atoms with E-state index in [1.165, 1.54) is 18.5 Å². The lowest BCUT2D eigenvalue weighted by Gasteiger charge is -2.08. The average molecular weight is 365 g/mol. The highest BCUT2D eigenvalue weighted by atomic mass is 16.3. The molecule has 27 heavy (non-hydrogen) atoms. The summed E-state index contributed by atoms with van der Waals surface area (Å²) in [5, 5.41) is 14.9.